The van der Waals surface area contributed by atoms with Crippen LogP contribution in [0, 0.1) is 6.92 Å². The highest BCUT2D eigenvalue weighted by Gasteiger charge is 2.30. The van der Waals surface area contributed by atoms with E-state index in [9.17, 15) is 14.7 Å². The molecule has 1 amide bonds. The van der Waals surface area contributed by atoms with Gasteiger partial charge in [0, 0.05) is 17.6 Å². The van der Waals surface area contributed by atoms with Gasteiger partial charge in [-0.3, -0.25) is 4.79 Å². The van der Waals surface area contributed by atoms with Gasteiger partial charge >= 0.3 is 5.97 Å². The number of hydrogen-bond acceptors (Lipinski definition) is 2. The molecule has 0 aromatic heterocycles. The van der Waals surface area contributed by atoms with Crippen molar-refractivity contribution in [1.82, 2.24) is 4.90 Å². The van der Waals surface area contributed by atoms with Gasteiger partial charge in [-0.05, 0) is 49.5 Å². The number of carboxylic acids is 1. The molecule has 1 aliphatic rings. The molecule has 0 radical (unpaired) electrons. The third-order valence-corrected chi connectivity index (χ3v) is 4.09. The number of amides is 1. The Morgan fingerprint density at radius 1 is 1.38 bits per heavy atom. The summed E-state index contributed by atoms with van der Waals surface area (Å²) in [6, 6.07) is 4.83. The van der Waals surface area contributed by atoms with E-state index >= 15 is 0 Å². The van der Waals surface area contributed by atoms with Crippen molar-refractivity contribution in [3.05, 3.63) is 40.4 Å². The molecule has 4 nitrogen and oxygen atoms in total. The third-order valence-electron chi connectivity index (χ3n) is 3.69. The molecule has 1 heterocycles. The number of nitrogens with zero attached hydrogens (tertiary/aromatic N) is 1. The van der Waals surface area contributed by atoms with E-state index in [2.05, 4.69) is 0 Å². The quantitative estimate of drug-likeness (QED) is 0.873. The van der Waals surface area contributed by atoms with E-state index in [1.54, 1.807) is 12.1 Å². The molecule has 1 aliphatic heterocycles. The lowest BCUT2D eigenvalue weighted by molar-refractivity contribution is -0.150. The molecule has 21 heavy (non-hydrogen) atoms. The van der Waals surface area contributed by atoms with Crippen molar-refractivity contribution in [2.75, 3.05) is 6.54 Å². The molecule has 0 spiro atoms. The minimum atomic E-state index is -0.935. The Morgan fingerprint density at radius 3 is 2.81 bits per heavy atom. The number of rotatable bonds is 3. The lowest BCUT2D eigenvalue weighted by Gasteiger charge is -2.32. The zero-order chi connectivity index (χ0) is 15.4. The van der Waals surface area contributed by atoms with Gasteiger partial charge in [0.2, 0.25) is 5.91 Å². The van der Waals surface area contributed by atoms with Crippen molar-refractivity contribution in [1.29, 1.82) is 0 Å². The molecule has 1 aromatic carbocycles. The van der Waals surface area contributed by atoms with E-state index < -0.39 is 12.0 Å². The van der Waals surface area contributed by atoms with Crippen LogP contribution in [0.15, 0.2) is 24.3 Å². The van der Waals surface area contributed by atoms with Gasteiger partial charge in [0.1, 0.15) is 6.04 Å². The SMILES string of the molecule is Cc1ccc(C=CC(=O)N2CCCC[C@@H]2C(=O)O)cc1Cl. The second-order valence-corrected chi connectivity index (χ2v) is 5.63. The first-order chi connectivity index (χ1) is 9.99. The van der Waals surface area contributed by atoms with Crippen molar-refractivity contribution in [3.8, 4) is 0 Å². The maximum absolute atomic E-state index is 12.2. The van der Waals surface area contributed by atoms with Crippen LogP contribution in [0.2, 0.25) is 5.02 Å². The van der Waals surface area contributed by atoms with Gasteiger partial charge in [0.15, 0.2) is 0 Å². The Balaban J connectivity index is 2.10. The summed E-state index contributed by atoms with van der Waals surface area (Å²) < 4.78 is 0. The first kappa shape index (κ1) is 15.6. The van der Waals surface area contributed by atoms with E-state index in [1.165, 1.54) is 11.0 Å². The summed E-state index contributed by atoms with van der Waals surface area (Å²) in [5.74, 6) is -1.20. The van der Waals surface area contributed by atoms with E-state index in [1.807, 2.05) is 19.1 Å². The normalized spacial score (nSPS) is 19.0. The highest BCUT2D eigenvalue weighted by atomic mass is 35.5. The predicted molar refractivity (Wildman–Crippen MR) is 82.2 cm³/mol. The van der Waals surface area contributed by atoms with Gasteiger partial charge in [0.05, 0.1) is 0 Å². The molecule has 1 atom stereocenters. The number of aryl methyl sites for hydroxylation is 1. The molecular weight excluding hydrogens is 290 g/mol. The first-order valence-electron chi connectivity index (χ1n) is 6.96. The van der Waals surface area contributed by atoms with E-state index in [0.717, 1.165) is 24.0 Å². The molecule has 1 fully saturated rings. The number of carboxylic acid groups (broad SMARTS) is 1. The molecule has 0 unspecified atom stereocenters. The van der Waals surface area contributed by atoms with Crippen LogP contribution in [0.1, 0.15) is 30.4 Å². The molecular formula is C16H18ClNO3. The summed E-state index contributed by atoms with van der Waals surface area (Å²) in [5, 5.41) is 9.82. The monoisotopic (exact) mass is 307 g/mol. The fourth-order valence-corrected chi connectivity index (χ4v) is 2.62. The number of benzene rings is 1. The molecule has 1 N–H and O–H groups in total. The Kier molecular flexibility index (Phi) is 5.02. The third kappa shape index (κ3) is 3.85. The van der Waals surface area contributed by atoms with Crippen molar-refractivity contribution in [2.45, 2.75) is 32.2 Å². The smallest absolute Gasteiger partial charge is 0.326 e. The summed E-state index contributed by atoms with van der Waals surface area (Å²) in [5.41, 5.74) is 1.80. The number of carbonyl (C=O) groups is 2. The summed E-state index contributed by atoms with van der Waals surface area (Å²) in [6.07, 6.45) is 5.30. The second-order valence-electron chi connectivity index (χ2n) is 5.22. The fraction of sp³-hybridized carbons (Fsp3) is 0.375. The van der Waals surface area contributed by atoms with E-state index in [0.29, 0.717) is 18.0 Å². The van der Waals surface area contributed by atoms with Crippen LogP contribution in [0.4, 0.5) is 0 Å². The lowest BCUT2D eigenvalue weighted by atomic mass is 10.0. The number of carbonyl (C=O) groups excluding carboxylic acids is 1. The highest BCUT2D eigenvalue weighted by molar-refractivity contribution is 6.31. The highest BCUT2D eigenvalue weighted by Crippen LogP contribution is 2.19. The predicted octanol–water partition coefficient (Wildman–Crippen LogP) is 3.13. The zero-order valence-electron chi connectivity index (χ0n) is 11.9. The van der Waals surface area contributed by atoms with Crippen molar-refractivity contribution < 1.29 is 14.7 Å². The molecule has 0 bridgehead atoms. The molecule has 5 heteroatoms. The van der Waals surface area contributed by atoms with Gasteiger partial charge in [-0.2, -0.15) is 0 Å². The maximum Gasteiger partial charge on any atom is 0.326 e. The van der Waals surface area contributed by atoms with Crippen molar-refractivity contribution >= 4 is 29.6 Å². The average Bonchev–Trinajstić information content (AvgIpc) is 2.48. The van der Waals surface area contributed by atoms with Gasteiger partial charge < -0.3 is 10.0 Å². The lowest BCUT2D eigenvalue weighted by Crippen LogP contribution is -2.47. The van der Waals surface area contributed by atoms with E-state index in [-0.39, 0.29) is 5.91 Å². The topological polar surface area (TPSA) is 57.6 Å². The average molecular weight is 308 g/mol. The van der Waals surface area contributed by atoms with Crippen LogP contribution in [-0.4, -0.2) is 34.5 Å². The Morgan fingerprint density at radius 2 is 2.14 bits per heavy atom. The minimum Gasteiger partial charge on any atom is -0.480 e. The molecule has 1 aromatic rings. The molecule has 0 aliphatic carbocycles. The molecule has 2 rings (SSSR count). The summed E-state index contributed by atoms with van der Waals surface area (Å²) in [4.78, 5) is 24.8. The summed E-state index contributed by atoms with van der Waals surface area (Å²) in [6.45, 7) is 2.40. The molecule has 1 saturated heterocycles. The molecule has 112 valence electrons. The standard InChI is InChI=1S/C16H18ClNO3/c1-11-5-6-12(10-13(11)17)7-8-15(19)18-9-3-2-4-14(18)16(20)21/h5-8,10,14H,2-4,9H2,1H3,(H,20,21)/t14-/m1/s1. The van der Waals surface area contributed by atoms with Crippen LogP contribution >= 0.6 is 11.6 Å². The summed E-state index contributed by atoms with van der Waals surface area (Å²) >= 11 is 6.04. The van der Waals surface area contributed by atoms with Crippen molar-refractivity contribution in [3.63, 3.8) is 0 Å². The number of hydrogen-bond donors (Lipinski definition) is 1. The van der Waals surface area contributed by atoms with Crippen LogP contribution < -0.4 is 0 Å². The molecule has 0 saturated carbocycles. The van der Waals surface area contributed by atoms with Crippen LogP contribution in [0.25, 0.3) is 6.08 Å². The second kappa shape index (κ2) is 6.76. The van der Waals surface area contributed by atoms with Gasteiger partial charge in [-0.25, -0.2) is 4.79 Å². The summed E-state index contributed by atoms with van der Waals surface area (Å²) in [7, 11) is 0. The van der Waals surface area contributed by atoms with E-state index in [4.69, 9.17) is 11.6 Å². The maximum atomic E-state index is 12.2. The first-order valence-corrected chi connectivity index (χ1v) is 7.34. The number of likely N-dealkylation sites (tertiary alicyclic amines) is 1. The van der Waals surface area contributed by atoms with Crippen LogP contribution in [0.3, 0.4) is 0 Å². The van der Waals surface area contributed by atoms with Gasteiger partial charge in [0.25, 0.3) is 0 Å². The Hall–Kier alpha value is -1.81. The minimum absolute atomic E-state index is 0.265. The van der Waals surface area contributed by atoms with Crippen molar-refractivity contribution in [2.24, 2.45) is 0 Å². The number of piperidine rings is 1. The Bertz CT molecular complexity index is 583. The van der Waals surface area contributed by atoms with Gasteiger partial charge in [-0.15, -0.1) is 0 Å². The van der Waals surface area contributed by atoms with Crippen LogP contribution in [-0.2, 0) is 9.59 Å². The number of aliphatic carboxylic acids is 1. The number of halogens is 1. The van der Waals surface area contributed by atoms with Crippen LogP contribution in [0.5, 0.6) is 0 Å². The van der Waals surface area contributed by atoms with Gasteiger partial charge in [-0.1, -0.05) is 23.7 Å². The largest absolute Gasteiger partial charge is 0.480 e. The zero-order valence-corrected chi connectivity index (χ0v) is 12.6. The Labute approximate surface area is 129 Å². The fourth-order valence-electron chi connectivity index (χ4n) is 2.43.